The third kappa shape index (κ3) is 3.34. The monoisotopic (exact) mass is 351 g/mol. The van der Waals surface area contributed by atoms with Crippen LogP contribution in [0.25, 0.3) is 17.7 Å². The highest BCUT2D eigenvalue weighted by atomic mass is 16.1. The molecule has 0 N–H and O–H groups in total. The third-order valence-corrected chi connectivity index (χ3v) is 4.83. The van der Waals surface area contributed by atoms with Crippen molar-refractivity contribution in [2.24, 2.45) is 0 Å². The minimum atomic E-state index is 0.0885. The van der Waals surface area contributed by atoms with Crippen molar-refractivity contribution < 1.29 is 4.79 Å². The molecule has 0 unspecified atom stereocenters. The van der Waals surface area contributed by atoms with Gasteiger partial charge < -0.3 is 4.90 Å². The molecule has 0 heterocycles. The first-order chi connectivity index (χ1) is 13.1. The largest absolute Gasteiger partial charge is 0.378 e. The van der Waals surface area contributed by atoms with Crippen molar-refractivity contribution in [1.29, 1.82) is 0 Å². The standard InChI is InChI=1S/C25H21NO/c1-26(2)20-14-12-19(13-15-20)16-23-21-10-6-7-11-22(21)25(27)24(23)17-18-8-4-3-5-9-18/h3-17H,1-2H3. The zero-order valence-electron chi connectivity index (χ0n) is 15.5. The van der Waals surface area contributed by atoms with E-state index in [0.717, 1.165) is 39.1 Å². The molecule has 0 aromatic heterocycles. The summed E-state index contributed by atoms with van der Waals surface area (Å²) >= 11 is 0. The number of anilines is 1. The van der Waals surface area contributed by atoms with Gasteiger partial charge in [0.15, 0.2) is 5.78 Å². The van der Waals surface area contributed by atoms with E-state index < -0.39 is 0 Å². The number of carbonyl (C=O) groups is 1. The minimum absolute atomic E-state index is 0.0885. The van der Waals surface area contributed by atoms with Gasteiger partial charge in [0.1, 0.15) is 0 Å². The molecule has 0 atom stereocenters. The second kappa shape index (κ2) is 7.08. The molecule has 0 saturated carbocycles. The molecular weight excluding hydrogens is 330 g/mol. The van der Waals surface area contributed by atoms with Crippen LogP contribution in [0.2, 0.25) is 0 Å². The Labute approximate surface area is 160 Å². The summed E-state index contributed by atoms with van der Waals surface area (Å²) in [5.74, 6) is 0.0885. The van der Waals surface area contributed by atoms with Crippen LogP contribution in [0.5, 0.6) is 0 Å². The number of hydrogen-bond acceptors (Lipinski definition) is 2. The van der Waals surface area contributed by atoms with E-state index in [2.05, 4.69) is 35.2 Å². The van der Waals surface area contributed by atoms with Crippen molar-refractivity contribution in [1.82, 2.24) is 0 Å². The third-order valence-electron chi connectivity index (χ3n) is 4.83. The van der Waals surface area contributed by atoms with Crippen LogP contribution in [0.3, 0.4) is 0 Å². The number of hydrogen-bond donors (Lipinski definition) is 0. The summed E-state index contributed by atoms with van der Waals surface area (Å²) in [4.78, 5) is 15.1. The second-order valence-corrected chi connectivity index (χ2v) is 6.89. The number of allylic oxidation sites excluding steroid dienone is 2. The average Bonchev–Trinajstić information content (AvgIpc) is 2.95. The quantitative estimate of drug-likeness (QED) is 0.575. The number of ketones is 1. The fourth-order valence-corrected chi connectivity index (χ4v) is 3.38. The van der Waals surface area contributed by atoms with Crippen molar-refractivity contribution >= 4 is 29.2 Å². The molecule has 1 aliphatic rings. The summed E-state index contributed by atoms with van der Waals surface area (Å²) in [5.41, 5.74) is 6.77. The van der Waals surface area contributed by atoms with Gasteiger partial charge in [-0.2, -0.15) is 0 Å². The molecule has 2 heteroatoms. The van der Waals surface area contributed by atoms with Crippen LogP contribution in [0.15, 0.2) is 84.4 Å². The first-order valence-electron chi connectivity index (χ1n) is 9.04. The first-order valence-corrected chi connectivity index (χ1v) is 9.04. The van der Waals surface area contributed by atoms with Gasteiger partial charge in [-0.25, -0.2) is 0 Å². The Morgan fingerprint density at radius 2 is 1.19 bits per heavy atom. The summed E-state index contributed by atoms with van der Waals surface area (Å²) in [6, 6.07) is 26.2. The van der Waals surface area contributed by atoms with Gasteiger partial charge >= 0.3 is 0 Å². The lowest BCUT2D eigenvalue weighted by molar-refractivity contribution is 0.104. The topological polar surface area (TPSA) is 20.3 Å². The van der Waals surface area contributed by atoms with Gasteiger partial charge in [-0.05, 0) is 46.5 Å². The maximum atomic E-state index is 13.0. The van der Waals surface area contributed by atoms with Gasteiger partial charge in [0, 0.05) is 30.9 Å². The SMILES string of the molecule is CN(C)c1ccc(C=C2C(=Cc3ccccc3)C(=O)c3ccccc32)cc1. The minimum Gasteiger partial charge on any atom is -0.378 e. The van der Waals surface area contributed by atoms with Crippen LogP contribution in [0.4, 0.5) is 5.69 Å². The number of fused-ring (bicyclic) bond motifs is 1. The van der Waals surface area contributed by atoms with E-state index in [1.54, 1.807) is 0 Å². The van der Waals surface area contributed by atoms with E-state index in [1.165, 1.54) is 0 Å². The molecule has 0 fully saturated rings. The van der Waals surface area contributed by atoms with E-state index in [1.807, 2.05) is 74.8 Å². The number of rotatable bonds is 3. The molecule has 3 aromatic carbocycles. The Hall–Kier alpha value is -3.39. The molecule has 132 valence electrons. The van der Waals surface area contributed by atoms with E-state index in [4.69, 9.17) is 0 Å². The molecule has 27 heavy (non-hydrogen) atoms. The average molecular weight is 351 g/mol. The van der Waals surface area contributed by atoms with Crippen molar-refractivity contribution in [3.63, 3.8) is 0 Å². The van der Waals surface area contributed by atoms with Crippen molar-refractivity contribution in [2.45, 2.75) is 0 Å². The van der Waals surface area contributed by atoms with Gasteiger partial charge in [-0.15, -0.1) is 0 Å². The van der Waals surface area contributed by atoms with E-state index in [9.17, 15) is 4.79 Å². The lowest BCUT2D eigenvalue weighted by Gasteiger charge is -2.12. The summed E-state index contributed by atoms with van der Waals surface area (Å²) in [6.07, 6.45) is 4.10. The molecule has 4 rings (SSSR count). The van der Waals surface area contributed by atoms with E-state index >= 15 is 0 Å². The molecule has 0 aliphatic heterocycles. The van der Waals surface area contributed by atoms with Gasteiger partial charge in [-0.3, -0.25) is 4.79 Å². The normalized spacial score (nSPS) is 16.0. The van der Waals surface area contributed by atoms with Gasteiger partial charge in [0.05, 0.1) is 0 Å². The fourth-order valence-electron chi connectivity index (χ4n) is 3.38. The predicted molar refractivity (Wildman–Crippen MR) is 114 cm³/mol. The smallest absolute Gasteiger partial charge is 0.194 e. The number of carbonyl (C=O) groups excluding carboxylic acids is 1. The Bertz CT molecular complexity index is 1040. The lowest BCUT2D eigenvalue weighted by Crippen LogP contribution is -2.07. The molecule has 0 amide bonds. The Kier molecular flexibility index (Phi) is 4.47. The summed E-state index contributed by atoms with van der Waals surface area (Å²) in [7, 11) is 4.06. The molecule has 0 radical (unpaired) electrons. The maximum absolute atomic E-state index is 13.0. The molecule has 0 bridgehead atoms. The highest BCUT2D eigenvalue weighted by molar-refractivity contribution is 6.30. The lowest BCUT2D eigenvalue weighted by atomic mass is 9.99. The number of benzene rings is 3. The molecule has 2 nitrogen and oxygen atoms in total. The van der Waals surface area contributed by atoms with Crippen LogP contribution in [-0.4, -0.2) is 19.9 Å². The van der Waals surface area contributed by atoms with Crippen LogP contribution >= 0.6 is 0 Å². The van der Waals surface area contributed by atoms with Gasteiger partial charge in [0.25, 0.3) is 0 Å². The zero-order chi connectivity index (χ0) is 18.8. The highest BCUT2D eigenvalue weighted by Crippen LogP contribution is 2.39. The molecule has 3 aromatic rings. The molecular formula is C25H21NO. The van der Waals surface area contributed by atoms with Crippen LogP contribution < -0.4 is 4.90 Å². The Morgan fingerprint density at radius 1 is 0.630 bits per heavy atom. The van der Waals surface area contributed by atoms with Crippen LogP contribution in [0, 0.1) is 0 Å². The summed E-state index contributed by atoms with van der Waals surface area (Å²) < 4.78 is 0. The van der Waals surface area contributed by atoms with Crippen molar-refractivity contribution in [2.75, 3.05) is 19.0 Å². The summed E-state index contributed by atoms with van der Waals surface area (Å²) in [5, 5.41) is 0. The molecule has 1 aliphatic carbocycles. The highest BCUT2D eigenvalue weighted by Gasteiger charge is 2.29. The molecule has 0 spiro atoms. The maximum Gasteiger partial charge on any atom is 0.194 e. The summed E-state index contributed by atoms with van der Waals surface area (Å²) in [6.45, 7) is 0. The van der Waals surface area contributed by atoms with Crippen molar-refractivity contribution in [3.8, 4) is 0 Å². The van der Waals surface area contributed by atoms with Gasteiger partial charge in [-0.1, -0.05) is 66.7 Å². The Morgan fingerprint density at radius 3 is 1.85 bits per heavy atom. The zero-order valence-corrected chi connectivity index (χ0v) is 15.5. The number of nitrogens with zero attached hydrogens (tertiary/aromatic N) is 1. The molecule has 0 saturated heterocycles. The van der Waals surface area contributed by atoms with Gasteiger partial charge in [0.2, 0.25) is 0 Å². The van der Waals surface area contributed by atoms with E-state index in [0.29, 0.717) is 0 Å². The fraction of sp³-hybridized carbons (Fsp3) is 0.0800. The predicted octanol–water partition coefficient (Wildman–Crippen LogP) is 5.57. The van der Waals surface area contributed by atoms with Crippen LogP contribution in [-0.2, 0) is 0 Å². The van der Waals surface area contributed by atoms with Crippen molar-refractivity contribution in [3.05, 3.63) is 107 Å². The first kappa shape index (κ1) is 17.0. The van der Waals surface area contributed by atoms with E-state index in [-0.39, 0.29) is 5.78 Å². The Balaban J connectivity index is 1.83. The second-order valence-electron chi connectivity index (χ2n) is 6.89. The number of Topliss-reactive ketones (excluding diaryl/α,β-unsaturated/α-hetero) is 1. The van der Waals surface area contributed by atoms with Crippen LogP contribution in [0.1, 0.15) is 27.0 Å².